The summed E-state index contributed by atoms with van der Waals surface area (Å²) in [5, 5.41) is 1.30. The van der Waals surface area contributed by atoms with E-state index in [0.29, 0.717) is 0 Å². The second-order valence-electron chi connectivity index (χ2n) is 9.88. The van der Waals surface area contributed by atoms with E-state index in [0.717, 1.165) is 35.0 Å². The Morgan fingerprint density at radius 2 is 1.59 bits per heavy atom. The first-order chi connectivity index (χ1) is 15.9. The molecule has 0 unspecified atom stereocenters. The molecule has 0 aliphatic rings. The number of benzene rings is 1. The van der Waals surface area contributed by atoms with Crippen molar-refractivity contribution < 1.29 is 0 Å². The Balaban J connectivity index is 2.51. The highest BCUT2D eigenvalue weighted by Crippen LogP contribution is 2.36. The lowest BCUT2D eigenvalue weighted by molar-refractivity contribution is 0.651. The highest BCUT2D eigenvalue weighted by atomic mass is 16.1. The molecule has 5 nitrogen and oxygen atoms in total. The molecule has 0 atom stereocenters. The van der Waals surface area contributed by atoms with Gasteiger partial charge in [0.15, 0.2) is 0 Å². The van der Waals surface area contributed by atoms with Crippen LogP contribution < -0.4 is 21.8 Å². The predicted octanol–water partition coefficient (Wildman–Crippen LogP) is 4.26. The molecule has 3 aromatic rings. The fourth-order valence-corrected chi connectivity index (χ4v) is 3.99. The Morgan fingerprint density at radius 3 is 2.21 bits per heavy atom. The molecular formula is C29H35N3O2. The largest absolute Gasteiger partial charge is 0.357 e. The SMILES string of the molecule is C=CC(C)(C)c1[nH]c2ccc(CC=C(C)C)c(CC=C(C)C)c2c1C=c1[nH]c(=O)c(=C)[nH]c1=O. The minimum Gasteiger partial charge on any atom is -0.357 e. The minimum absolute atomic E-state index is 0.0426. The third kappa shape index (κ3) is 5.14. The van der Waals surface area contributed by atoms with Crippen LogP contribution in [0, 0.1) is 0 Å². The lowest BCUT2D eigenvalue weighted by atomic mass is 9.85. The standard InChI is InChI=1S/C29H35N3O2/c1-9-29(7,8)26-22(16-24-28(34)30-19(6)27(33)32-24)25-21(14-11-18(4)5)20(12-10-17(2)3)13-15-23(25)31-26/h9-11,13,15-16,31H,1,6,12,14H2,2-5,7-8H3,(H,30,34)(H,32,33). The summed E-state index contributed by atoms with van der Waals surface area (Å²) in [7, 11) is 0. The van der Waals surface area contributed by atoms with Gasteiger partial charge in [-0.1, -0.05) is 55.9 Å². The van der Waals surface area contributed by atoms with Crippen LogP contribution in [0.25, 0.3) is 23.6 Å². The number of aromatic nitrogens is 3. The van der Waals surface area contributed by atoms with Crippen LogP contribution in [-0.2, 0) is 18.3 Å². The van der Waals surface area contributed by atoms with Gasteiger partial charge >= 0.3 is 0 Å². The first kappa shape index (κ1) is 25.0. The Morgan fingerprint density at radius 1 is 0.941 bits per heavy atom. The van der Waals surface area contributed by atoms with Gasteiger partial charge in [0.2, 0.25) is 0 Å². The summed E-state index contributed by atoms with van der Waals surface area (Å²) >= 11 is 0. The number of rotatable bonds is 7. The van der Waals surface area contributed by atoms with Crippen molar-refractivity contribution in [3.8, 4) is 0 Å². The van der Waals surface area contributed by atoms with Gasteiger partial charge < -0.3 is 15.0 Å². The highest BCUT2D eigenvalue weighted by molar-refractivity contribution is 5.94. The van der Waals surface area contributed by atoms with E-state index in [4.69, 9.17) is 0 Å². The Labute approximate surface area is 200 Å². The number of allylic oxidation sites excluding steroid dienone is 5. The number of hydrogen-bond donors (Lipinski definition) is 3. The Kier molecular flexibility index (Phi) is 7.15. The van der Waals surface area contributed by atoms with Crippen LogP contribution in [0.2, 0.25) is 0 Å². The van der Waals surface area contributed by atoms with Crippen LogP contribution in [0.5, 0.6) is 0 Å². The maximum atomic E-state index is 12.7. The fourth-order valence-electron chi connectivity index (χ4n) is 3.99. The molecule has 5 heteroatoms. The summed E-state index contributed by atoms with van der Waals surface area (Å²) in [5.41, 5.74) is 6.57. The van der Waals surface area contributed by atoms with Crippen molar-refractivity contribution in [1.29, 1.82) is 0 Å². The monoisotopic (exact) mass is 457 g/mol. The first-order valence-electron chi connectivity index (χ1n) is 11.5. The van der Waals surface area contributed by atoms with Crippen LogP contribution in [0.1, 0.15) is 63.9 Å². The zero-order valence-corrected chi connectivity index (χ0v) is 21.1. The van der Waals surface area contributed by atoms with E-state index in [9.17, 15) is 9.59 Å². The van der Waals surface area contributed by atoms with E-state index < -0.39 is 11.0 Å². The second kappa shape index (κ2) is 9.72. The van der Waals surface area contributed by atoms with Crippen LogP contribution in [-0.4, -0.2) is 15.0 Å². The summed E-state index contributed by atoms with van der Waals surface area (Å²) in [5.74, 6) is 0. The summed E-state index contributed by atoms with van der Waals surface area (Å²) in [6.07, 6.45) is 9.71. The number of aromatic amines is 3. The highest BCUT2D eigenvalue weighted by Gasteiger charge is 2.25. The van der Waals surface area contributed by atoms with Crippen molar-refractivity contribution >= 4 is 23.6 Å². The van der Waals surface area contributed by atoms with Crippen molar-refractivity contribution in [2.24, 2.45) is 0 Å². The van der Waals surface area contributed by atoms with Crippen LogP contribution in [0.4, 0.5) is 0 Å². The predicted molar refractivity (Wildman–Crippen MR) is 144 cm³/mol. The molecular weight excluding hydrogens is 422 g/mol. The van der Waals surface area contributed by atoms with Gasteiger partial charge in [-0.25, -0.2) is 0 Å². The van der Waals surface area contributed by atoms with Crippen molar-refractivity contribution in [3.63, 3.8) is 0 Å². The van der Waals surface area contributed by atoms with Gasteiger partial charge in [0.05, 0.1) is 5.35 Å². The lowest BCUT2D eigenvalue weighted by Gasteiger charge is -2.20. The van der Waals surface area contributed by atoms with E-state index in [1.807, 2.05) is 6.08 Å². The minimum atomic E-state index is -0.413. The topological polar surface area (TPSA) is 81.5 Å². The van der Waals surface area contributed by atoms with Crippen molar-refractivity contribution in [1.82, 2.24) is 15.0 Å². The smallest absolute Gasteiger partial charge is 0.272 e. The maximum Gasteiger partial charge on any atom is 0.272 e. The molecule has 0 fully saturated rings. The van der Waals surface area contributed by atoms with Gasteiger partial charge in [-0.05, 0) is 63.8 Å². The zero-order chi connectivity index (χ0) is 25.2. The molecule has 0 aliphatic carbocycles. The van der Waals surface area contributed by atoms with E-state index in [2.05, 4.69) is 93.9 Å². The molecule has 0 aliphatic heterocycles. The van der Waals surface area contributed by atoms with Gasteiger partial charge in [0, 0.05) is 27.6 Å². The van der Waals surface area contributed by atoms with Gasteiger partial charge in [0.1, 0.15) is 5.35 Å². The van der Waals surface area contributed by atoms with E-state index in [1.165, 1.54) is 22.3 Å². The Bertz CT molecular complexity index is 1530. The van der Waals surface area contributed by atoms with Crippen molar-refractivity contribution in [2.75, 3.05) is 0 Å². The van der Waals surface area contributed by atoms with E-state index >= 15 is 0 Å². The van der Waals surface area contributed by atoms with Gasteiger partial charge in [-0.15, -0.1) is 6.58 Å². The maximum absolute atomic E-state index is 12.7. The van der Waals surface area contributed by atoms with E-state index in [-0.39, 0.29) is 16.3 Å². The van der Waals surface area contributed by atoms with Crippen molar-refractivity contribution in [3.05, 3.63) is 102 Å². The third-order valence-electron chi connectivity index (χ3n) is 6.13. The molecule has 0 saturated heterocycles. The average Bonchev–Trinajstić information content (AvgIpc) is 3.14. The van der Waals surface area contributed by atoms with Crippen LogP contribution in [0.3, 0.4) is 0 Å². The summed E-state index contributed by atoms with van der Waals surface area (Å²) in [6.45, 7) is 20.2. The molecule has 1 aromatic carbocycles. The molecule has 2 aromatic heterocycles. The molecule has 2 heterocycles. The molecule has 0 spiro atoms. The number of H-pyrrole nitrogens is 3. The molecule has 0 amide bonds. The van der Waals surface area contributed by atoms with E-state index in [1.54, 1.807) is 6.08 Å². The third-order valence-corrected chi connectivity index (χ3v) is 6.13. The molecule has 0 bridgehead atoms. The summed E-state index contributed by atoms with van der Waals surface area (Å²) in [6, 6.07) is 4.27. The summed E-state index contributed by atoms with van der Waals surface area (Å²) < 4.78 is 0. The molecule has 0 radical (unpaired) electrons. The molecule has 0 saturated carbocycles. The van der Waals surface area contributed by atoms with Gasteiger partial charge in [0.25, 0.3) is 11.1 Å². The normalized spacial score (nSPS) is 12.1. The molecule has 3 rings (SSSR count). The quantitative estimate of drug-likeness (QED) is 0.463. The molecule has 178 valence electrons. The average molecular weight is 458 g/mol. The lowest BCUT2D eigenvalue weighted by Crippen LogP contribution is -2.46. The first-order valence-corrected chi connectivity index (χ1v) is 11.5. The number of fused-ring (bicyclic) bond motifs is 1. The summed E-state index contributed by atoms with van der Waals surface area (Å²) in [4.78, 5) is 33.7. The van der Waals surface area contributed by atoms with Crippen molar-refractivity contribution in [2.45, 2.75) is 59.8 Å². The van der Waals surface area contributed by atoms with Gasteiger partial charge in [-0.3, -0.25) is 9.59 Å². The number of nitrogens with one attached hydrogen (secondary N) is 3. The second-order valence-corrected chi connectivity index (χ2v) is 9.88. The molecule has 3 N–H and O–H groups in total. The zero-order valence-electron chi connectivity index (χ0n) is 21.1. The van der Waals surface area contributed by atoms with Gasteiger partial charge in [-0.2, -0.15) is 0 Å². The fraction of sp³-hybridized carbons (Fsp3) is 0.310. The van der Waals surface area contributed by atoms with Crippen LogP contribution >= 0.6 is 0 Å². The van der Waals surface area contributed by atoms with Crippen LogP contribution in [0.15, 0.2) is 57.7 Å². The number of hydrogen-bond acceptors (Lipinski definition) is 2. The Hall–Kier alpha value is -3.60. The molecule has 34 heavy (non-hydrogen) atoms.